The Morgan fingerprint density at radius 3 is 2.54 bits per heavy atom. The molecular formula is C8H12ClN3O. The minimum Gasteiger partial charge on any atom is -0.319 e. The third-order valence-corrected chi connectivity index (χ3v) is 2.10. The normalized spacial score (nSPS) is 11.8. The van der Waals surface area contributed by atoms with Crippen LogP contribution in [0.4, 0.5) is 0 Å². The molecule has 0 saturated heterocycles. The van der Waals surface area contributed by atoms with Crippen LogP contribution in [0, 0.1) is 0 Å². The summed E-state index contributed by atoms with van der Waals surface area (Å²) < 4.78 is 1.51. The van der Waals surface area contributed by atoms with E-state index < -0.39 is 5.54 Å². The van der Waals surface area contributed by atoms with Gasteiger partial charge in [-0.15, -0.1) is 0 Å². The molecule has 0 aliphatic rings. The van der Waals surface area contributed by atoms with Crippen molar-refractivity contribution >= 4 is 17.4 Å². The summed E-state index contributed by atoms with van der Waals surface area (Å²) in [5, 5.41) is 0.285. The first-order chi connectivity index (χ1) is 5.84. The molecule has 5 heteroatoms. The van der Waals surface area contributed by atoms with Crippen LogP contribution >= 0.6 is 11.6 Å². The fourth-order valence-electron chi connectivity index (χ4n) is 0.928. The van der Waals surface area contributed by atoms with E-state index in [0.717, 1.165) is 0 Å². The van der Waals surface area contributed by atoms with Gasteiger partial charge < -0.3 is 10.3 Å². The highest BCUT2D eigenvalue weighted by atomic mass is 35.5. The van der Waals surface area contributed by atoms with Crippen LogP contribution < -0.4 is 5.73 Å². The molecule has 0 radical (unpaired) electrons. The van der Waals surface area contributed by atoms with Crippen LogP contribution in [-0.2, 0) is 7.05 Å². The number of hydrogen-bond donors (Lipinski definition) is 1. The summed E-state index contributed by atoms with van der Waals surface area (Å²) in [5.74, 6) is -0.172. The lowest BCUT2D eigenvalue weighted by molar-refractivity contribution is 0.0905. The van der Waals surface area contributed by atoms with Gasteiger partial charge >= 0.3 is 0 Å². The fourth-order valence-corrected chi connectivity index (χ4v) is 1.07. The Labute approximate surface area is 81.7 Å². The second-order valence-corrected chi connectivity index (χ2v) is 3.86. The number of nitrogens with two attached hydrogens (primary N) is 1. The summed E-state index contributed by atoms with van der Waals surface area (Å²) in [6.07, 6.45) is 1.43. The Morgan fingerprint density at radius 1 is 1.69 bits per heavy atom. The molecule has 0 amide bonds. The lowest BCUT2D eigenvalue weighted by atomic mass is 9.99. The van der Waals surface area contributed by atoms with Gasteiger partial charge in [-0.2, -0.15) is 0 Å². The van der Waals surface area contributed by atoms with E-state index in [4.69, 9.17) is 17.3 Å². The van der Waals surface area contributed by atoms with Crippen LogP contribution in [0.3, 0.4) is 0 Å². The van der Waals surface area contributed by atoms with Crippen molar-refractivity contribution in [3.8, 4) is 0 Å². The van der Waals surface area contributed by atoms with Crippen LogP contribution in [0.2, 0.25) is 5.28 Å². The van der Waals surface area contributed by atoms with Crippen LogP contribution in [0.25, 0.3) is 0 Å². The lowest BCUT2D eigenvalue weighted by Crippen LogP contribution is -2.42. The maximum Gasteiger partial charge on any atom is 0.202 e. The van der Waals surface area contributed by atoms with Gasteiger partial charge in [0.15, 0.2) is 5.78 Å². The molecule has 1 rings (SSSR count). The summed E-state index contributed by atoms with van der Waals surface area (Å²) in [6, 6.07) is 0. The summed E-state index contributed by atoms with van der Waals surface area (Å²) in [4.78, 5) is 15.5. The van der Waals surface area contributed by atoms with E-state index in [1.54, 1.807) is 20.9 Å². The van der Waals surface area contributed by atoms with Gasteiger partial charge in [0.1, 0.15) is 5.69 Å². The Balaban J connectivity index is 3.10. The minimum atomic E-state index is -0.892. The fraction of sp³-hybridized carbons (Fsp3) is 0.500. The second-order valence-electron chi connectivity index (χ2n) is 3.52. The quantitative estimate of drug-likeness (QED) is 0.726. The van der Waals surface area contributed by atoms with E-state index in [1.807, 2.05) is 0 Å². The van der Waals surface area contributed by atoms with Gasteiger partial charge in [0.25, 0.3) is 0 Å². The third kappa shape index (κ3) is 1.89. The van der Waals surface area contributed by atoms with E-state index in [0.29, 0.717) is 5.69 Å². The van der Waals surface area contributed by atoms with Crippen molar-refractivity contribution in [1.82, 2.24) is 9.55 Å². The Morgan fingerprint density at radius 2 is 2.23 bits per heavy atom. The number of carbonyl (C=O) groups is 1. The van der Waals surface area contributed by atoms with E-state index in [1.165, 1.54) is 10.8 Å². The molecule has 0 spiro atoms. The number of ketones is 1. The average Bonchev–Trinajstić information content (AvgIpc) is 2.30. The van der Waals surface area contributed by atoms with E-state index in [-0.39, 0.29) is 11.1 Å². The number of carbonyl (C=O) groups excluding carboxylic acids is 1. The number of imidazole rings is 1. The van der Waals surface area contributed by atoms with Crippen molar-refractivity contribution < 1.29 is 4.79 Å². The number of aromatic nitrogens is 2. The molecule has 1 heterocycles. The molecule has 0 saturated carbocycles. The van der Waals surface area contributed by atoms with Crippen LogP contribution in [0.15, 0.2) is 6.20 Å². The number of hydrogen-bond acceptors (Lipinski definition) is 3. The molecule has 0 aliphatic carbocycles. The maximum atomic E-state index is 11.7. The SMILES string of the molecule is Cn1c(C(=O)C(C)(C)N)cnc1Cl. The molecule has 0 unspecified atom stereocenters. The number of halogens is 1. The predicted octanol–water partition coefficient (Wildman–Crippen LogP) is 0.993. The van der Waals surface area contributed by atoms with E-state index in [2.05, 4.69) is 4.98 Å². The molecular weight excluding hydrogens is 190 g/mol. The lowest BCUT2D eigenvalue weighted by Gasteiger charge is -2.16. The Hall–Kier alpha value is -0.870. The molecule has 0 aromatic carbocycles. The zero-order valence-corrected chi connectivity index (χ0v) is 8.59. The summed E-state index contributed by atoms with van der Waals surface area (Å²) >= 11 is 5.68. The minimum absolute atomic E-state index is 0.172. The van der Waals surface area contributed by atoms with Crippen LogP contribution in [0.5, 0.6) is 0 Å². The number of nitrogens with zero attached hydrogens (tertiary/aromatic N) is 2. The summed E-state index contributed by atoms with van der Waals surface area (Å²) in [7, 11) is 1.67. The highest BCUT2D eigenvalue weighted by Gasteiger charge is 2.26. The summed E-state index contributed by atoms with van der Waals surface area (Å²) in [5.41, 5.74) is 5.19. The van der Waals surface area contributed by atoms with Crippen molar-refractivity contribution in [3.63, 3.8) is 0 Å². The molecule has 0 bridgehead atoms. The summed E-state index contributed by atoms with van der Waals surface area (Å²) in [6.45, 7) is 3.30. The largest absolute Gasteiger partial charge is 0.319 e. The maximum absolute atomic E-state index is 11.7. The Bertz CT molecular complexity index is 338. The van der Waals surface area contributed by atoms with E-state index >= 15 is 0 Å². The van der Waals surface area contributed by atoms with Gasteiger partial charge in [0.05, 0.1) is 11.7 Å². The van der Waals surface area contributed by atoms with Gasteiger partial charge in [-0.25, -0.2) is 4.98 Å². The number of Topliss-reactive ketones (excluding diaryl/α,β-unsaturated/α-hetero) is 1. The van der Waals surface area contributed by atoms with Gasteiger partial charge in [0, 0.05) is 7.05 Å². The first kappa shape index (κ1) is 10.2. The van der Waals surface area contributed by atoms with Gasteiger partial charge in [0.2, 0.25) is 5.28 Å². The standard InChI is InChI=1S/C8H12ClN3O/c1-8(2,10)6(13)5-4-11-7(9)12(5)3/h4H,10H2,1-3H3. The molecule has 2 N–H and O–H groups in total. The van der Waals surface area contributed by atoms with Crippen molar-refractivity contribution in [2.24, 2.45) is 12.8 Å². The van der Waals surface area contributed by atoms with Crippen molar-refractivity contribution in [3.05, 3.63) is 17.2 Å². The molecule has 0 aliphatic heterocycles. The third-order valence-electron chi connectivity index (χ3n) is 1.75. The highest BCUT2D eigenvalue weighted by Crippen LogP contribution is 2.13. The smallest absolute Gasteiger partial charge is 0.202 e. The van der Waals surface area contributed by atoms with E-state index in [9.17, 15) is 4.79 Å². The zero-order valence-electron chi connectivity index (χ0n) is 7.84. The molecule has 13 heavy (non-hydrogen) atoms. The zero-order chi connectivity index (χ0) is 10.2. The molecule has 72 valence electrons. The monoisotopic (exact) mass is 201 g/mol. The predicted molar refractivity (Wildman–Crippen MR) is 50.8 cm³/mol. The first-order valence-electron chi connectivity index (χ1n) is 3.85. The molecule has 1 aromatic heterocycles. The Kier molecular flexibility index (Phi) is 2.45. The van der Waals surface area contributed by atoms with Gasteiger partial charge in [-0.1, -0.05) is 0 Å². The van der Waals surface area contributed by atoms with Crippen molar-refractivity contribution in [2.45, 2.75) is 19.4 Å². The average molecular weight is 202 g/mol. The van der Waals surface area contributed by atoms with Crippen LogP contribution in [0.1, 0.15) is 24.3 Å². The van der Waals surface area contributed by atoms with Crippen LogP contribution in [-0.4, -0.2) is 20.9 Å². The first-order valence-corrected chi connectivity index (χ1v) is 4.22. The topological polar surface area (TPSA) is 60.9 Å². The molecule has 4 nitrogen and oxygen atoms in total. The van der Waals surface area contributed by atoms with Gasteiger partial charge in [-0.05, 0) is 25.4 Å². The van der Waals surface area contributed by atoms with Crippen molar-refractivity contribution in [2.75, 3.05) is 0 Å². The highest BCUT2D eigenvalue weighted by molar-refractivity contribution is 6.28. The molecule has 0 atom stereocenters. The second kappa shape index (κ2) is 3.12. The van der Waals surface area contributed by atoms with Gasteiger partial charge in [-0.3, -0.25) is 4.79 Å². The molecule has 1 aromatic rings. The van der Waals surface area contributed by atoms with Crippen molar-refractivity contribution in [1.29, 1.82) is 0 Å². The molecule has 0 fully saturated rings. The number of rotatable bonds is 2.